The molecule has 0 N–H and O–H groups in total. The molecule has 0 amide bonds. The monoisotopic (exact) mass is 441 g/mol. The SMILES string of the molecule is CCCCCCOCC(C)Oc1ccc(OCC(CC)CCCOc2cc[c]cc2)cc1. The second kappa shape index (κ2) is 16.4. The van der Waals surface area contributed by atoms with Gasteiger partial charge in [-0.25, -0.2) is 0 Å². The third-order valence-electron chi connectivity index (χ3n) is 5.43. The molecule has 1 radical (unpaired) electrons. The fourth-order valence-electron chi connectivity index (χ4n) is 3.41. The van der Waals surface area contributed by atoms with E-state index < -0.39 is 0 Å². The zero-order valence-electron chi connectivity index (χ0n) is 20.2. The Labute approximate surface area is 195 Å². The van der Waals surface area contributed by atoms with Gasteiger partial charge in [0.1, 0.15) is 23.4 Å². The number of unbranched alkanes of at least 4 members (excludes halogenated alkanes) is 3. The minimum Gasteiger partial charge on any atom is -0.494 e. The first kappa shape index (κ1) is 26.1. The Balaban J connectivity index is 1.60. The van der Waals surface area contributed by atoms with Gasteiger partial charge in [-0.2, -0.15) is 0 Å². The zero-order valence-corrected chi connectivity index (χ0v) is 20.2. The van der Waals surface area contributed by atoms with Crippen LogP contribution in [0.2, 0.25) is 0 Å². The lowest BCUT2D eigenvalue weighted by Crippen LogP contribution is -2.19. The van der Waals surface area contributed by atoms with Gasteiger partial charge in [0.2, 0.25) is 0 Å². The molecule has 2 unspecified atom stereocenters. The molecule has 0 heterocycles. The lowest BCUT2D eigenvalue weighted by atomic mass is 10.0. The van der Waals surface area contributed by atoms with Gasteiger partial charge in [-0.05, 0) is 74.6 Å². The molecule has 0 fully saturated rings. The van der Waals surface area contributed by atoms with Crippen LogP contribution in [-0.4, -0.2) is 32.5 Å². The minimum atomic E-state index is 0.0358. The summed E-state index contributed by atoms with van der Waals surface area (Å²) in [5, 5.41) is 0. The molecule has 2 atom stereocenters. The van der Waals surface area contributed by atoms with Crippen molar-refractivity contribution in [3.05, 3.63) is 54.6 Å². The summed E-state index contributed by atoms with van der Waals surface area (Å²) in [6, 6.07) is 18.5. The average molecular weight is 442 g/mol. The van der Waals surface area contributed by atoms with E-state index in [1.54, 1.807) is 0 Å². The summed E-state index contributed by atoms with van der Waals surface area (Å²) < 4.78 is 23.5. The molecule has 0 saturated heterocycles. The lowest BCUT2D eigenvalue weighted by molar-refractivity contribution is 0.0566. The number of hydrogen-bond donors (Lipinski definition) is 0. The van der Waals surface area contributed by atoms with Crippen molar-refractivity contribution >= 4 is 0 Å². The average Bonchev–Trinajstić information content (AvgIpc) is 2.82. The van der Waals surface area contributed by atoms with Crippen LogP contribution in [0.4, 0.5) is 0 Å². The normalized spacial score (nSPS) is 12.8. The Hall–Kier alpha value is -2.20. The molecule has 0 aliphatic heterocycles. The summed E-state index contributed by atoms with van der Waals surface area (Å²) in [5.74, 6) is 3.16. The second-order valence-corrected chi connectivity index (χ2v) is 8.35. The van der Waals surface area contributed by atoms with Gasteiger partial charge in [0.15, 0.2) is 0 Å². The lowest BCUT2D eigenvalue weighted by Gasteiger charge is -2.17. The predicted octanol–water partition coefficient (Wildman–Crippen LogP) is 7.12. The molecule has 0 spiro atoms. The molecule has 177 valence electrons. The van der Waals surface area contributed by atoms with E-state index in [-0.39, 0.29) is 6.10 Å². The van der Waals surface area contributed by atoms with Crippen LogP contribution in [0.3, 0.4) is 0 Å². The molecule has 0 saturated carbocycles. The molecular formula is C28H41O4. The third kappa shape index (κ3) is 11.4. The molecule has 2 aromatic carbocycles. The van der Waals surface area contributed by atoms with Crippen molar-refractivity contribution < 1.29 is 18.9 Å². The maximum Gasteiger partial charge on any atom is 0.120 e. The molecule has 4 heteroatoms. The predicted molar refractivity (Wildman–Crippen MR) is 131 cm³/mol. The van der Waals surface area contributed by atoms with E-state index in [1.807, 2.05) is 55.5 Å². The van der Waals surface area contributed by atoms with Gasteiger partial charge in [0, 0.05) is 6.61 Å². The van der Waals surface area contributed by atoms with Crippen molar-refractivity contribution in [3.8, 4) is 17.2 Å². The van der Waals surface area contributed by atoms with Crippen molar-refractivity contribution in [3.63, 3.8) is 0 Å². The zero-order chi connectivity index (χ0) is 22.9. The van der Waals surface area contributed by atoms with Gasteiger partial charge < -0.3 is 18.9 Å². The highest BCUT2D eigenvalue weighted by Gasteiger charge is 2.09. The summed E-state index contributed by atoms with van der Waals surface area (Å²) in [5.41, 5.74) is 0. The molecule has 2 aromatic rings. The smallest absolute Gasteiger partial charge is 0.120 e. The Morgan fingerprint density at radius 3 is 2.19 bits per heavy atom. The highest BCUT2D eigenvalue weighted by molar-refractivity contribution is 5.31. The van der Waals surface area contributed by atoms with Crippen LogP contribution in [-0.2, 0) is 4.74 Å². The molecule has 32 heavy (non-hydrogen) atoms. The standard InChI is InChI=1S/C28H41O4/c1-4-6-7-11-20-29-22-24(3)32-28-18-16-27(17-19-28)31-23-25(5-2)13-12-21-30-26-14-9-8-10-15-26/h9-10,14-19,24-25H,4-7,11-13,20-23H2,1-3H3. The second-order valence-electron chi connectivity index (χ2n) is 8.35. The summed E-state index contributed by atoms with van der Waals surface area (Å²) in [7, 11) is 0. The van der Waals surface area contributed by atoms with E-state index >= 15 is 0 Å². The summed E-state index contributed by atoms with van der Waals surface area (Å²) in [6.45, 7) is 9.37. The van der Waals surface area contributed by atoms with E-state index in [2.05, 4.69) is 19.9 Å². The Bertz CT molecular complexity index is 686. The number of hydrogen-bond acceptors (Lipinski definition) is 4. The first-order valence-corrected chi connectivity index (χ1v) is 12.3. The van der Waals surface area contributed by atoms with Crippen molar-refractivity contribution in [1.29, 1.82) is 0 Å². The van der Waals surface area contributed by atoms with Crippen LogP contribution >= 0.6 is 0 Å². The van der Waals surface area contributed by atoms with Crippen LogP contribution in [0.25, 0.3) is 0 Å². The van der Waals surface area contributed by atoms with Crippen LogP contribution in [0.15, 0.2) is 48.5 Å². The van der Waals surface area contributed by atoms with Crippen molar-refractivity contribution in [2.75, 3.05) is 26.4 Å². The number of rotatable bonds is 18. The van der Waals surface area contributed by atoms with Crippen LogP contribution in [0.1, 0.15) is 65.7 Å². The van der Waals surface area contributed by atoms with Crippen LogP contribution in [0.5, 0.6) is 17.2 Å². The van der Waals surface area contributed by atoms with E-state index in [1.165, 1.54) is 19.3 Å². The minimum absolute atomic E-state index is 0.0358. The molecule has 0 aromatic heterocycles. The molecule has 0 aliphatic rings. The first-order valence-electron chi connectivity index (χ1n) is 12.3. The van der Waals surface area contributed by atoms with Crippen molar-refractivity contribution in [2.24, 2.45) is 5.92 Å². The van der Waals surface area contributed by atoms with Gasteiger partial charge in [-0.3, -0.25) is 0 Å². The van der Waals surface area contributed by atoms with E-state index in [9.17, 15) is 0 Å². The largest absolute Gasteiger partial charge is 0.494 e. The molecule has 2 rings (SSSR count). The van der Waals surface area contributed by atoms with Crippen LogP contribution < -0.4 is 14.2 Å². The quantitative estimate of drug-likeness (QED) is 0.231. The van der Waals surface area contributed by atoms with E-state index in [0.29, 0.717) is 12.5 Å². The van der Waals surface area contributed by atoms with Crippen molar-refractivity contribution in [1.82, 2.24) is 0 Å². The fraction of sp³-hybridized carbons (Fsp3) is 0.571. The topological polar surface area (TPSA) is 36.9 Å². The maximum atomic E-state index is 6.02. The Morgan fingerprint density at radius 1 is 0.750 bits per heavy atom. The highest BCUT2D eigenvalue weighted by Crippen LogP contribution is 2.21. The number of benzene rings is 2. The van der Waals surface area contributed by atoms with Gasteiger partial charge in [-0.1, -0.05) is 51.7 Å². The van der Waals surface area contributed by atoms with Gasteiger partial charge in [0.25, 0.3) is 0 Å². The summed E-state index contributed by atoms with van der Waals surface area (Å²) in [6.07, 6.45) is 8.15. The van der Waals surface area contributed by atoms with Gasteiger partial charge in [0.05, 0.1) is 19.8 Å². The Kier molecular flexibility index (Phi) is 13.4. The van der Waals surface area contributed by atoms with Crippen LogP contribution in [0, 0.1) is 12.0 Å². The van der Waals surface area contributed by atoms with Crippen molar-refractivity contribution in [2.45, 2.75) is 71.8 Å². The first-order chi connectivity index (χ1) is 15.7. The highest BCUT2D eigenvalue weighted by atomic mass is 16.5. The molecular weight excluding hydrogens is 400 g/mol. The van der Waals surface area contributed by atoms with Gasteiger partial charge in [-0.15, -0.1) is 0 Å². The third-order valence-corrected chi connectivity index (χ3v) is 5.43. The summed E-state index contributed by atoms with van der Waals surface area (Å²) >= 11 is 0. The Morgan fingerprint density at radius 2 is 1.47 bits per heavy atom. The van der Waals surface area contributed by atoms with E-state index in [4.69, 9.17) is 18.9 Å². The number of ether oxygens (including phenoxy) is 4. The maximum absolute atomic E-state index is 6.02. The fourth-order valence-corrected chi connectivity index (χ4v) is 3.41. The molecule has 0 aliphatic carbocycles. The van der Waals surface area contributed by atoms with E-state index in [0.717, 1.165) is 62.8 Å². The summed E-state index contributed by atoms with van der Waals surface area (Å²) in [4.78, 5) is 0. The van der Waals surface area contributed by atoms with Gasteiger partial charge >= 0.3 is 0 Å². The molecule has 4 nitrogen and oxygen atoms in total. The molecule has 0 bridgehead atoms.